The molecule has 0 aromatic carbocycles. The van der Waals surface area contributed by atoms with Gasteiger partial charge in [-0.2, -0.15) is 0 Å². The Bertz CT molecular complexity index is 642. The molecular weight excluding hydrogens is 468 g/mol. The van der Waals surface area contributed by atoms with Crippen LogP contribution in [0.4, 0.5) is 9.59 Å². The summed E-state index contributed by atoms with van der Waals surface area (Å²) >= 11 is 0. The summed E-state index contributed by atoms with van der Waals surface area (Å²) in [5.41, 5.74) is 0. The van der Waals surface area contributed by atoms with Gasteiger partial charge in [-0.05, 0) is 50.4 Å². The number of alkyl carbamates (subject to hydrolysis) is 2. The molecule has 0 spiro atoms. The van der Waals surface area contributed by atoms with Crippen LogP contribution in [0.15, 0.2) is 12.2 Å². The highest BCUT2D eigenvalue weighted by Gasteiger charge is 2.16. The second-order valence-corrected chi connectivity index (χ2v) is 9.43. The molecule has 0 bridgehead atoms. The molecule has 0 aromatic heterocycles. The normalized spacial score (nSPS) is 16.8. The van der Waals surface area contributed by atoms with Crippen LogP contribution in [0.1, 0.15) is 77.0 Å². The minimum Gasteiger partial charge on any atom is -0.462 e. The number of esters is 2. The smallest absolute Gasteiger partial charge is 0.407 e. The molecule has 204 valence electrons. The van der Waals surface area contributed by atoms with Crippen LogP contribution in [0.2, 0.25) is 0 Å². The summed E-state index contributed by atoms with van der Waals surface area (Å²) in [6, 6.07) is 0. The van der Waals surface area contributed by atoms with E-state index < -0.39 is 24.1 Å². The van der Waals surface area contributed by atoms with Crippen LogP contribution < -0.4 is 10.6 Å². The second-order valence-electron chi connectivity index (χ2n) is 9.43. The third-order valence-corrected chi connectivity index (χ3v) is 6.37. The van der Waals surface area contributed by atoms with Crippen LogP contribution in [0.5, 0.6) is 0 Å². The van der Waals surface area contributed by atoms with E-state index in [9.17, 15) is 19.2 Å². The Hall–Kier alpha value is -2.78. The van der Waals surface area contributed by atoms with Crippen molar-refractivity contribution in [3.05, 3.63) is 12.2 Å². The van der Waals surface area contributed by atoms with Crippen molar-refractivity contribution in [2.24, 2.45) is 11.8 Å². The lowest BCUT2D eigenvalue weighted by Crippen LogP contribution is -2.28. The van der Waals surface area contributed by atoms with Crippen molar-refractivity contribution in [3.63, 3.8) is 0 Å². The van der Waals surface area contributed by atoms with Crippen molar-refractivity contribution >= 4 is 24.1 Å². The molecule has 2 saturated carbocycles. The van der Waals surface area contributed by atoms with Crippen LogP contribution >= 0.6 is 0 Å². The van der Waals surface area contributed by atoms with Crippen molar-refractivity contribution in [2.75, 3.05) is 39.5 Å². The number of nitrogens with one attached hydrogen (secondary N) is 2. The molecule has 0 aromatic rings. The molecule has 2 aliphatic carbocycles. The molecule has 2 N–H and O–H groups in total. The van der Waals surface area contributed by atoms with Crippen molar-refractivity contribution in [1.82, 2.24) is 10.6 Å². The van der Waals surface area contributed by atoms with E-state index in [0.29, 0.717) is 51.0 Å². The predicted molar refractivity (Wildman–Crippen MR) is 132 cm³/mol. The van der Waals surface area contributed by atoms with Gasteiger partial charge in [0.15, 0.2) is 0 Å². The molecule has 36 heavy (non-hydrogen) atoms. The summed E-state index contributed by atoms with van der Waals surface area (Å²) in [4.78, 5) is 46.7. The van der Waals surface area contributed by atoms with Gasteiger partial charge in [0.25, 0.3) is 0 Å². The molecule has 2 amide bonds. The first kappa shape index (κ1) is 29.5. The van der Waals surface area contributed by atoms with E-state index in [4.69, 9.17) is 18.9 Å². The van der Waals surface area contributed by atoms with Crippen LogP contribution in [-0.4, -0.2) is 63.6 Å². The van der Waals surface area contributed by atoms with E-state index in [0.717, 1.165) is 37.8 Å². The number of hydrogen-bond acceptors (Lipinski definition) is 8. The molecule has 0 atom stereocenters. The summed E-state index contributed by atoms with van der Waals surface area (Å²) in [6.07, 6.45) is 13.7. The van der Waals surface area contributed by atoms with Gasteiger partial charge >= 0.3 is 24.1 Å². The fraction of sp³-hybridized carbons (Fsp3) is 0.769. The van der Waals surface area contributed by atoms with Crippen molar-refractivity contribution in [1.29, 1.82) is 0 Å². The first-order valence-electron chi connectivity index (χ1n) is 13.4. The van der Waals surface area contributed by atoms with Gasteiger partial charge < -0.3 is 29.6 Å². The number of carbonyl (C=O) groups excluding carboxylic acids is 4. The quantitative estimate of drug-likeness (QED) is 0.155. The summed E-state index contributed by atoms with van der Waals surface area (Å²) < 4.78 is 20.4. The summed E-state index contributed by atoms with van der Waals surface area (Å²) in [5.74, 6) is -0.427. The molecule has 0 radical (unpaired) electrons. The fourth-order valence-corrected chi connectivity index (χ4v) is 4.30. The first-order valence-corrected chi connectivity index (χ1v) is 13.4. The minimum atomic E-state index is -0.672. The third kappa shape index (κ3) is 14.6. The maximum absolute atomic E-state index is 11.7. The lowest BCUT2D eigenvalue weighted by Gasteiger charge is -2.21. The molecule has 0 heterocycles. The van der Waals surface area contributed by atoms with Gasteiger partial charge in [0.2, 0.25) is 0 Å². The SMILES string of the molecule is O=C(/C=C/C(=O)OCCCNC(=O)OCC1CCCCC1)OCCCNC(=O)OCC1CCCCC1. The molecule has 2 fully saturated rings. The van der Waals surface area contributed by atoms with E-state index >= 15 is 0 Å². The Morgan fingerprint density at radius 2 is 0.972 bits per heavy atom. The van der Waals surface area contributed by atoms with Crippen LogP contribution in [0, 0.1) is 11.8 Å². The lowest BCUT2D eigenvalue weighted by atomic mass is 9.90. The summed E-state index contributed by atoms with van der Waals surface area (Å²) in [6.45, 7) is 1.75. The average molecular weight is 511 g/mol. The Kier molecular flexibility index (Phi) is 15.1. The Labute approximate surface area is 213 Å². The van der Waals surface area contributed by atoms with Gasteiger partial charge in [0, 0.05) is 25.2 Å². The van der Waals surface area contributed by atoms with Crippen molar-refractivity contribution < 1.29 is 38.1 Å². The van der Waals surface area contributed by atoms with Crippen LogP contribution in [0.25, 0.3) is 0 Å². The topological polar surface area (TPSA) is 129 Å². The summed E-state index contributed by atoms with van der Waals surface area (Å²) in [5, 5.41) is 5.26. The van der Waals surface area contributed by atoms with Gasteiger partial charge in [-0.25, -0.2) is 19.2 Å². The van der Waals surface area contributed by atoms with Gasteiger partial charge in [0.1, 0.15) is 0 Å². The molecule has 0 aliphatic heterocycles. The zero-order valence-electron chi connectivity index (χ0n) is 21.3. The maximum atomic E-state index is 11.7. The van der Waals surface area contributed by atoms with Gasteiger partial charge in [-0.1, -0.05) is 38.5 Å². The second kappa shape index (κ2) is 18.5. The molecule has 10 nitrogen and oxygen atoms in total. The van der Waals surface area contributed by atoms with E-state index in [1.807, 2.05) is 0 Å². The predicted octanol–water partition coefficient (Wildman–Crippen LogP) is 4.02. The van der Waals surface area contributed by atoms with E-state index in [2.05, 4.69) is 10.6 Å². The Balaban J connectivity index is 1.39. The maximum Gasteiger partial charge on any atom is 0.407 e. The fourth-order valence-electron chi connectivity index (χ4n) is 4.30. The highest BCUT2D eigenvalue weighted by Crippen LogP contribution is 2.24. The van der Waals surface area contributed by atoms with Gasteiger partial charge in [0.05, 0.1) is 26.4 Å². The molecule has 0 unspecified atom stereocenters. The van der Waals surface area contributed by atoms with Crippen molar-refractivity contribution in [3.8, 4) is 0 Å². The lowest BCUT2D eigenvalue weighted by molar-refractivity contribution is -0.140. The number of ether oxygens (including phenoxy) is 4. The number of rotatable bonds is 14. The molecule has 2 aliphatic rings. The van der Waals surface area contributed by atoms with Gasteiger partial charge in [-0.15, -0.1) is 0 Å². The number of hydrogen-bond donors (Lipinski definition) is 2. The third-order valence-electron chi connectivity index (χ3n) is 6.37. The van der Waals surface area contributed by atoms with Crippen LogP contribution in [-0.2, 0) is 28.5 Å². The van der Waals surface area contributed by atoms with Gasteiger partial charge in [-0.3, -0.25) is 0 Å². The van der Waals surface area contributed by atoms with E-state index in [-0.39, 0.29) is 13.2 Å². The zero-order chi connectivity index (χ0) is 25.8. The highest BCUT2D eigenvalue weighted by atomic mass is 16.6. The number of carbonyl (C=O) groups is 4. The average Bonchev–Trinajstić information content (AvgIpc) is 2.90. The van der Waals surface area contributed by atoms with Crippen LogP contribution in [0.3, 0.4) is 0 Å². The zero-order valence-corrected chi connectivity index (χ0v) is 21.3. The molecule has 0 saturated heterocycles. The number of amides is 2. The Morgan fingerprint density at radius 3 is 1.36 bits per heavy atom. The standard InChI is InChI=1S/C26H42N2O8/c29-23(33-17-7-15-27-25(31)35-19-21-9-3-1-4-10-21)13-14-24(30)34-18-8-16-28-26(32)36-20-22-11-5-2-6-12-22/h13-14,21-22H,1-12,15-20H2,(H,27,31)(H,28,32)/b14-13+. The Morgan fingerprint density at radius 1 is 0.583 bits per heavy atom. The molecule has 2 rings (SSSR count). The van der Waals surface area contributed by atoms with E-state index in [1.165, 1.54) is 38.5 Å². The monoisotopic (exact) mass is 510 g/mol. The molecule has 10 heteroatoms. The largest absolute Gasteiger partial charge is 0.462 e. The van der Waals surface area contributed by atoms with Crippen molar-refractivity contribution in [2.45, 2.75) is 77.0 Å². The first-order chi connectivity index (χ1) is 17.5. The summed E-state index contributed by atoms with van der Waals surface area (Å²) in [7, 11) is 0. The highest BCUT2D eigenvalue weighted by molar-refractivity contribution is 5.91. The minimum absolute atomic E-state index is 0.101. The molecular formula is C26H42N2O8. The van der Waals surface area contributed by atoms with E-state index in [1.54, 1.807) is 0 Å².